The van der Waals surface area contributed by atoms with Crippen LogP contribution in [0.15, 0.2) is 29.0 Å². The number of nitrogens with zero attached hydrogens (tertiary/aromatic N) is 5. The van der Waals surface area contributed by atoms with Gasteiger partial charge in [-0.05, 0) is 18.1 Å². The maximum absolute atomic E-state index is 12.5. The van der Waals surface area contributed by atoms with Crippen molar-refractivity contribution in [3.63, 3.8) is 0 Å². The van der Waals surface area contributed by atoms with Crippen LogP contribution in [0, 0.1) is 0 Å². The first-order valence-corrected chi connectivity index (χ1v) is 8.83. The van der Waals surface area contributed by atoms with Gasteiger partial charge in [-0.2, -0.15) is 4.98 Å². The molecule has 0 aromatic carbocycles. The van der Waals surface area contributed by atoms with Crippen molar-refractivity contribution in [1.29, 1.82) is 0 Å². The molecule has 0 N–H and O–H groups in total. The predicted octanol–water partition coefficient (Wildman–Crippen LogP) is 1.86. The summed E-state index contributed by atoms with van der Waals surface area (Å²) >= 11 is 0. The van der Waals surface area contributed by atoms with E-state index in [0.717, 1.165) is 44.0 Å². The number of hydrogen-bond donors (Lipinski definition) is 0. The highest BCUT2D eigenvalue weighted by Gasteiger charge is 2.21. The van der Waals surface area contributed by atoms with Gasteiger partial charge in [0.2, 0.25) is 11.8 Å². The van der Waals surface area contributed by atoms with Gasteiger partial charge in [0.25, 0.3) is 0 Å². The lowest BCUT2D eigenvalue weighted by atomic mass is 10.2. The van der Waals surface area contributed by atoms with E-state index in [-0.39, 0.29) is 11.8 Å². The van der Waals surface area contributed by atoms with Crippen molar-refractivity contribution in [2.45, 2.75) is 39.2 Å². The lowest BCUT2D eigenvalue weighted by Gasteiger charge is -2.21. The van der Waals surface area contributed by atoms with Crippen molar-refractivity contribution in [2.24, 2.45) is 0 Å². The second-order valence-electron chi connectivity index (χ2n) is 6.75. The Labute approximate surface area is 148 Å². The summed E-state index contributed by atoms with van der Waals surface area (Å²) in [6.45, 7) is 8.02. The Hall–Kier alpha value is -2.28. The number of pyridine rings is 1. The van der Waals surface area contributed by atoms with Gasteiger partial charge in [-0.15, -0.1) is 0 Å². The van der Waals surface area contributed by atoms with Crippen LogP contribution in [0.1, 0.15) is 43.5 Å². The quantitative estimate of drug-likeness (QED) is 0.825. The van der Waals surface area contributed by atoms with E-state index in [4.69, 9.17) is 4.52 Å². The Morgan fingerprint density at radius 1 is 1.28 bits per heavy atom. The first-order valence-electron chi connectivity index (χ1n) is 8.83. The molecule has 0 spiro atoms. The molecule has 0 saturated carbocycles. The minimum absolute atomic E-state index is 0.163. The van der Waals surface area contributed by atoms with Crippen LogP contribution in [-0.4, -0.2) is 57.0 Å². The molecule has 7 heteroatoms. The Balaban J connectivity index is 1.52. The van der Waals surface area contributed by atoms with Gasteiger partial charge in [0.05, 0.1) is 13.0 Å². The van der Waals surface area contributed by atoms with Crippen LogP contribution in [-0.2, 0) is 17.8 Å². The van der Waals surface area contributed by atoms with Crippen LogP contribution in [0.4, 0.5) is 0 Å². The molecule has 0 radical (unpaired) electrons. The van der Waals surface area contributed by atoms with Crippen LogP contribution in [0.3, 0.4) is 0 Å². The predicted molar refractivity (Wildman–Crippen MR) is 92.8 cm³/mol. The van der Waals surface area contributed by atoms with Crippen LogP contribution in [0.2, 0.25) is 0 Å². The van der Waals surface area contributed by atoms with E-state index in [1.807, 2.05) is 30.9 Å². The van der Waals surface area contributed by atoms with Crippen LogP contribution in [0.5, 0.6) is 0 Å². The number of aromatic nitrogens is 3. The Morgan fingerprint density at radius 3 is 2.88 bits per heavy atom. The van der Waals surface area contributed by atoms with E-state index in [1.54, 1.807) is 12.4 Å². The summed E-state index contributed by atoms with van der Waals surface area (Å²) in [7, 11) is 0. The van der Waals surface area contributed by atoms with Crippen molar-refractivity contribution in [3.8, 4) is 0 Å². The van der Waals surface area contributed by atoms with E-state index in [2.05, 4.69) is 20.0 Å². The van der Waals surface area contributed by atoms with Crippen LogP contribution >= 0.6 is 0 Å². The molecule has 134 valence electrons. The third kappa shape index (κ3) is 4.85. The highest BCUT2D eigenvalue weighted by molar-refractivity contribution is 5.78. The van der Waals surface area contributed by atoms with Crippen molar-refractivity contribution in [3.05, 3.63) is 41.8 Å². The molecule has 25 heavy (non-hydrogen) atoms. The summed E-state index contributed by atoms with van der Waals surface area (Å²) < 4.78 is 5.27. The van der Waals surface area contributed by atoms with Crippen molar-refractivity contribution in [2.75, 3.05) is 26.2 Å². The van der Waals surface area contributed by atoms with Crippen LogP contribution in [0.25, 0.3) is 0 Å². The standard InChI is InChI=1S/C18H25N5O2/c1-14(2)18-20-16(21-25-18)13-22-7-4-8-23(10-9-22)17(24)11-15-5-3-6-19-12-15/h3,5-6,12,14H,4,7-11,13H2,1-2H3. The molecule has 0 unspecified atom stereocenters. The average molecular weight is 343 g/mol. The summed E-state index contributed by atoms with van der Waals surface area (Å²) in [6, 6.07) is 3.81. The van der Waals surface area contributed by atoms with Gasteiger partial charge in [0.1, 0.15) is 0 Å². The van der Waals surface area contributed by atoms with Crippen LogP contribution < -0.4 is 0 Å². The lowest BCUT2D eigenvalue weighted by Crippen LogP contribution is -2.36. The third-order valence-corrected chi connectivity index (χ3v) is 4.36. The zero-order valence-corrected chi connectivity index (χ0v) is 14.9. The fourth-order valence-electron chi connectivity index (χ4n) is 2.93. The summed E-state index contributed by atoms with van der Waals surface area (Å²) in [5.74, 6) is 1.81. The Kier molecular flexibility index (Phi) is 5.75. The number of carbonyl (C=O) groups is 1. The molecule has 3 rings (SSSR count). The molecule has 0 aliphatic carbocycles. The van der Waals surface area contributed by atoms with Gasteiger partial charge >= 0.3 is 0 Å². The summed E-state index contributed by atoms with van der Waals surface area (Å²) in [5, 5.41) is 4.06. The fraction of sp³-hybridized carbons (Fsp3) is 0.556. The minimum Gasteiger partial charge on any atom is -0.341 e. The van der Waals surface area contributed by atoms with Gasteiger partial charge in [-0.25, -0.2) is 0 Å². The molecule has 3 heterocycles. The molecule has 1 saturated heterocycles. The second kappa shape index (κ2) is 8.20. The molecular weight excluding hydrogens is 318 g/mol. The van der Waals surface area contributed by atoms with Gasteiger partial charge in [-0.3, -0.25) is 14.7 Å². The smallest absolute Gasteiger partial charge is 0.229 e. The SMILES string of the molecule is CC(C)c1nc(CN2CCCN(C(=O)Cc3cccnc3)CC2)no1. The molecule has 1 aliphatic rings. The molecule has 2 aromatic rings. The maximum Gasteiger partial charge on any atom is 0.229 e. The molecule has 1 fully saturated rings. The lowest BCUT2D eigenvalue weighted by molar-refractivity contribution is -0.130. The molecule has 1 amide bonds. The highest BCUT2D eigenvalue weighted by Crippen LogP contribution is 2.13. The second-order valence-corrected chi connectivity index (χ2v) is 6.75. The summed E-state index contributed by atoms with van der Waals surface area (Å²) in [5.41, 5.74) is 0.960. The number of hydrogen-bond acceptors (Lipinski definition) is 6. The molecular formula is C18H25N5O2. The number of carbonyl (C=O) groups excluding carboxylic acids is 1. The third-order valence-electron chi connectivity index (χ3n) is 4.36. The molecule has 7 nitrogen and oxygen atoms in total. The average Bonchev–Trinajstić information content (AvgIpc) is 2.94. The number of rotatable bonds is 5. The van der Waals surface area contributed by atoms with Gasteiger partial charge < -0.3 is 9.42 Å². The van der Waals surface area contributed by atoms with E-state index in [1.165, 1.54) is 0 Å². The largest absolute Gasteiger partial charge is 0.341 e. The molecule has 0 bridgehead atoms. The number of amides is 1. The first kappa shape index (κ1) is 17.5. The van der Waals surface area contributed by atoms with Crippen molar-refractivity contribution >= 4 is 5.91 Å². The first-order chi connectivity index (χ1) is 12.1. The van der Waals surface area contributed by atoms with Crippen molar-refractivity contribution in [1.82, 2.24) is 24.9 Å². The zero-order chi connectivity index (χ0) is 17.6. The van der Waals surface area contributed by atoms with E-state index < -0.39 is 0 Å². The van der Waals surface area contributed by atoms with E-state index >= 15 is 0 Å². The monoisotopic (exact) mass is 343 g/mol. The van der Waals surface area contributed by atoms with Gasteiger partial charge in [0.15, 0.2) is 5.82 Å². The van der Waals surface area contributed by atoms with Gasteiger partial charge in [-0.1, -0.05) is 25.1 Å². The van der Waals surface area contributed by atoms with E-state index in [9.17, 15) is 4.79 Å². The van der Waals surface area contributed by atoms with Crippen molar-refractivity contribution < 1.29 is 9.32 Å². The molecule has 1 aliphatic heterocycles. The maximum atomic E-state index is 12.5. The zero-order valence-electron chi connectivity index (χ0n) is 14.9. The molecule has 2 aromatic heterocycles. The highest BCUT2D eigenvalue weighted by atomic mass is 16.5. The topological polar surface area (TPSA) is 75.4 Å². The molecule has 0 atom stereocenters. The van der Waals surface area contributed by atoms with E-state index in [0.29, 0.717) is 18.9 Å². The Morgan fingerprint density at radius 2 is 2.16 bits per heavy atom. The summed E-state index contributed by atoms with van der Waals surface area (Å²) in [6.07, 6.45) is 4.84. The summed E-state index contributed by atoms with van der Waals surface area (Å²) in [4.78, 5) is 25.2. The normalized spacial score (nSPS) is 16.2. The van der Waals surface area contributed by atoms with Gasteiger partial charge in [0, 0.05) is 44.5 Å². The fourth-order valence-corrected chi connectivity index (χ4v) is 2.93. The minimum atomic E-state index is 0.163. The Bertz CT molecular complexity index is 686.